The molecule has 0 aliphatic rings. The highest BCUT2D eigenvalue weighted by Crippen LogP contribution is 2.29. The van der Waals surface area contributed by atoms with Crippen LogP contribution in [0.5, 0.6) is 0 Å². The van der Waals surface area contributed by atoms with Crippen molar-refractivity contribution in [1.82, 2.24) is 29.8 Å². The standard InChI is InChI=1S/C28H31N7OS/c1-5-19-11-13-20(14-12-19)29-27(36)24(6-2)37-28-30-23-10-8-7-9-22(23)26-31-25(34-35(26)28)16-15-21-17(3)32-33-18(21)4/h7-14,24H,5-6,15-16H2,1-4H3,(H,29,36)(H,32,33)/t24-/m1/s1. The van der Waals surface area contributed by atoms with Crippen molar-refractivity contribution in [2.24, 2.45) is 0 Å². The lowest BCUT2D eigenvalue weighted by molar-refractivity contribution is -0.115. The molecule has 2 aromatic carbocycles. The summed E-state index contributed by atoms with van der Waals surface area (Å²) in [6, 6.07) is 15.9. The minimum atomic E-state index is -0.327. The molecule has 8 nitrogen and oxygen atoms in total. The van der Waals surface area contributed by atoms with Gasteiger partial charge in [-0.15, -0.1) is 5.10 Å². The number of nitrogens with one attached hydrogen (secondary N) is 2. The maximum absolute atomic E-state index is 13.2. The molecule has 37 heavy (non-hydrogen) atoms. The van der Waals surface area contributed by atoms with E-state index in [2.05, 4.69) is 22.4 Å². The Balaban J connectivity index is 1.43. The van der Waals surface area contributed by atoms with Crippen molar-refractivity contribution in [3.63, 3.8) is 0 Å². The monoisotopic (exact) mass is 513 g/mol. The van der Waals surface area contributed by atoms with Gasteiger partial charge in [0.1, 0.15) is 0 Å². The van der Waals surface area contributed by atoms with Gasteiger partial charge in [-0.2, -0.15) is 9.61 Å². The molecule has 0 unspecified atom stereocenters. The number of para-hydroxylation sites is 1. The van der Waals surface area contributed by atoms with Crippen LogP contribution in [0.4, 0.5) is 5.69 Å². The van der Waals surface area contributed by atoms with E-state index >= 15 is 0 Å². The zero-order valence-corrected chi connectivity index (χ0v) is 22.4. The highest BCUT2D eigenvalue weighted by atomic mass is 32.2. The predicted octanol–water partition coefficient (Wildman–Crippen LogP) is 5.47. The lowest BCUT2D eigenvalue weighted by Crippen LogP contribution is -2.25. The molecule has 1 amide bonds. The summed E-state index contributed by atoms with van der Waals surface area (Å²) >= 11 is 1.42. The average molecular weight is 514 g/mol. The fourth-order valence-corrected chi connectivity index (χ4v) is 5.40. The highest BCUT2D eigenvalue weighted by Gasteiger charge is 2.23. The summed E-state index contributed by atoms with van der Waals surface area (Å²) < 4.78 is 1.80. The Labute approximate surface area is 220 Å². The van der Waals surface area contributed by atoms with Gasteiger partial charge in [-0.3, -0.25) is 9.89 Å². The quantitative estimate of drug-likeness (QED) is 0.200. The molecule has 0 radical (unpaired) electrons. The third kappa shape index (κ3) is 5.22. The van der Waals surface area contributed by atoms with E-state index in [0.717, 1.165) is 52.3 Å². The van der Waals surface area contributed by atoms with Crippen LogP contribution in [0.25, 0.3) is 16.6 Å². The van der Waals surface area contributed by atoms with Crippen molar-refractivity contribution in [2.45, 2.75) is 63.8 Å². The Hall–Kier alpha value is -3.72. The van der Waals surface area contributed by atoms with Gasteiger partial charge in [0.05, 0.1) is 16.5 Å². The van der Waals surface area contributed by atoms with Crippen LogP contribution in [-0.4, -0.2) is 40.9 Å². The molecule has 0 saturated heterocycles. The first-order valence-electron chi connectivity index (χ1n) is 12.7. The highest BCUT2D eigenvalue weighted by molar-refractivity contribution is 8.00. The van der Waals surface area contributed by atoms with Crippen molar-refractivity contribution in [3.8, 4) is 0 Å². The second-order valence-electron chi connectivity index (χ2n) is 9.14. The van der Waals surface area contributed by atoms with Crippen molar-refractivity contribution in [3.05, 3.63) is 76.9 Å². The molecule has 3 aromatic heterocycles. The molecule has 5 rings (SSSR count). The zero-order chi connectivity index (χ0) is 25.9. The number of rotatable bonds is 9. The third-order valence-corrected chi connectivity index (χ3v) is 7.92. The van der Waals surface area contributed by atoms with Gasteiger partial charge >= 0.3 is 0 Å². The van der Waals surface area contributed by atoms with E-state index in [1.807, 2.05) is 69.3 Å². The lowest BCUT2D eigenvalue weighted by atomic mass is 10.1. The molecule has 3 heterocycles. The maximum Gasteiger partial charge on any atom is 0.237 e. The number of nitrogens with zero attached hydrogens (tertiary/aromatic N) is 5. The van der Waals surface area contributed by atoms with Crippen LogP contribution in [0.1, 0.15) is 48.6 Å². The van der Waals surface area contributed by atoms with Crippen LogP contribution < -0.4 is 5.32 Å². The summed E-state index contributed by atoms with van der Waals surface area (Å²) in [5, 5.41) is 16.5. The fourth-order valence-electron chi connectivity index (χ4n) is 4.43. The molecule has 1 atom stereocenters. The van der Waals surface area contributed by atoms with Gasteiger partial charge in [-0.05, 0) is 68.5 Å². The van der Waals surface area contributed by atoms with Crippen LogP contribution in [0.15, 0.2) is 53.7 Å². The third-order valence-electron chi connectivity index (χ3n) is 6.61. The first-order chi connectivity index (χ1) is 18.0. The number of aryl methyl sites for hydroxylation is 4. The Kier molecular flexibility index (Phi) is 7.23. The van der Waals surface area contributed by atoms with Crippen molar-refractivity contribution >= 4 is 39.9 Å². The number of fused-ring (bicyclic) bond motifs is 3. The molecular weight excluding hydrogens is 482 g/mol. The molecular formula is C28H31N7OS. The number of hydrogen-bond acceptors (Lipinski definition) is 6. The van der Waals surface area contributed by atoms with E-state index in [4.69, 9.17) is 15.1 Å². The normalized spacial score (nSPS) is 12.3. The van der Waals surface area contributed by atoms with E-state index in [0.29, 0.717) is 18.0 Å². The number of carbonyl (C=O) groups is 1. The lowest BCUT2D eigenvalue weighted by Gasteiger charge is -2.15. The van der Waals surface area contributed by atoms with Crippen molar-refractivity contribution in [2.75, 3.05) is 5.32 Å². The number of aromatic nitrogens is 6. The number of aromatic amines is 1. The summed E-state index contributed by atoms with van der Waals surface area (Å²) in [4.78, 5) is 23.0. The van der Waals surface area contributed by atoms with Crippen molar-refractivity contribution < 1.29 is 4.79 Å². The largest absolute Gasteiger partial charge is 0.325 e. The summed E-state index contributed by atoms with van der Waals surface area (Å²) in [6.45, 7) is 8.17. The zero-order valence-electron chi connectivity index (χ0n) is 21.6. The number of anilines is 1. The number of thioether (sulfide) groups is 1. The van der Waals surface area contributed by atoms with E-state index in [-0.39, 0.29) is 11.2 Å². The van der Waals surface area contributed by atoms with Gasteiger partial charge in [0, 0.05) is 23.2 Å². The Morgan fingerprint density at radius 1 is 1.05 bits per heavy atom. The second-order valence-corrected chi connectivity index (χ2v) is 10.3. The van der Waals surface area contributed by atoms with Crippen LogP contribution in [0.3, 0.4) is 0 Å². The molecule has 9 heteroatoms. The maximum atomic E-state index is 13.2. The van der Waals surface area contributed by atoms with Crippen LogP contribution in [0, 0.1) is 13.8 Å². The number of amides is 1. The second kappa shape index (κ2) is 10.7. The van der Waals surface area contributed by atoms with Gasteiger partial charge in [0.25, 0.3) is 0 Å². The smallest absolute Gasteiger partial charge is 0.237 e. The molecule has 0 aliphatic carbocycles. The van der Waals surface area contributed by atoms with Crippen LogP contribution in [0.2, 0.25) is 0 Å². The van der Waals surface area contributed by atoms with Gasteiger partial charge in [0.15, 0.2) is 16.6 Å². The van der Waals surface area contributed by atoms with E-state index < -0.39 is 0 Å². The van der Waals surface area contributed by atoms with Crippen LogP contribution >= 0.6 is 11.8 Å². The molecule has 0 aliphatic heterocycles. The molecule has 2 N–H and O–H groups in total. The predicted molar refractivity (Wildman–Crippen MR) is 148 cm³/mol. The van der Waals surface area contributed by atoms with Gasteiger partial charge in [-0.25, -0.2) is 9.97 Å². The number of hydrogen-bond donors (Lipinski definition) is 2. The topological polar surface area (TPSA) is 101 Å². The molecule has 5 aromatic rings. The van der Waals surface area contributed by atoms with E-state index in [1.54, 1.807) is 4.52 Å². The van der Waals surface area contributed by atoms with E-state index in [1.165, 1.54) is 22.9 Å². The van der Waals surface area contributed by atoms with Crippen molar-refractivity contribution in [1.29, 1.82) is 0 Å². The minimum absolute atomic E-state index is 0.0499. The van der Waals surface area contributed by atoms with E-state index in [9.17, 15) is 4.79 Å². The molecule has 0 spiro atoms. The number of benzene rings is 2. The Morgan fingerprint density at radius 2 is 1.84 bits per heavy atom. The summed E-state index contributed by atoms with van der Waals surface area (Å²) in [5.74, 6) is 0.694. The van der Waals surface area contributed by atoms with Gasteiger partial charge in [0.2, 0.25) is 5.91 Å². The fraction of sp³-hybridized carbons (Fsp3) is 0.321. The first-order valence-corrected chi connectivity index (χ1v) is 13.6. The van der Waals surface area contributed by atoms with Gasteiger partial charge in [-0.1, -0.05) is 49.9 Å². The molecule has 0 saturated carbocycles. The minimum Gasteiger partial charge on any atom is -0.325 e. The number of H-pyrrole nitrogens is 1. The molecule has 0 bridgehead atoms. The Bertz CT molecular complexity index is 1540. The molecule has 0 fully saturated rings. The Morgan fingerprint density at radius 3 is 2.54 bits per heavy atom. The summed E-state index contributed by atoms with van der Waals surface area (Å²) in [6.07, 6.45) is 3.11. The average Bonchev–Trinajstić information content (AvgIpc) is 3.49. The summed E-state index contributed by atoms with van der Waals surface area (Å²) in [7, 11) is 0. The SMILES string of the molecule is CCc1ccc(NC(=O)[C@@H](CC)Sc2nc3ccccc3c3nc(CCc4c(C)n[nH]c4C)nn23)cc1. The van der Waals surface area contributed by atoms with Crippen LogP contribution in [-0.2, 0) is 24.1 Å². The van der Waals surface area contributed by atoms with Gasteiger partial charge < -0.3 is 5.32 Å². The molecule has 190 valence electrons. The summed E-state index contributed by atoms with van der Waals surface area (Å²) in [5.41, 5.74) is 6.91. The number of carbonyl (C=O) groups excluding carboxylic acids is 1. The first kappa shape index (κ1) is 25.0.